The highest BCUT2D eigenvalue weighted by Crippen LogP contribution is 2.18. The Kier molecular flexibility index (Phi) is 12.8. The summed E-state index contributed by atoms with van der Waals surface area (Å²) in [6, 6.07) is 8.58. The van der Waals surface area contributed by atoms with Gasteiger partial charge in [0.05, 0.1) is 0 Å². The molecular weight excluding hydrogens is 358 g/mol. The van der Waals surface area contributed by atoms with Gasteiger partial charge in [0.25, 0.3) is 0 Å². The van der Waals surface area contributed by atoms with E-state index in [1.54, 1.807) is 0 Å². The summed E-state index contributed by atoms with van der Waals surface area (Å²) in [6.07, 6.45) is 15.1. The first-order valence-corrected chi connectivity index (χ1v) is 10.5. The number of nitrogens with two attached hydrogens (primary N) is 1. The predicted octanol–water partition coefficient (Wildman–Crippen LogP) is 6.12. The monoisotopic (exact) mass is 393 g/mol. The van der Waals surface area contributed by atoms with E-state index < -0.39 is 0 Å². The standard InChI is InChI=1S/C22H35N3O.ClH/c1-2-3-4-5-6-7-8-9-10-12-19-14-16-20(17-15-19)22-24-21(26-25-22)13-11-18-23;/h14-17H,2-13,18,23H2,1H3;1H. The van der Waals surface area contributed by atoms with Gasteiger partial charge in [0.15, 0.2) is 0 Å². The number of benzene rings is 1. The highest BCUT2D eigenvalue weighted by molar-refractivity contribution is 5.85. The molecule has 0 aliphatic rings. The van der Waals surface area contributed by atoms with Crippen molar-refractivity contribution in [1.82, 2.24) is 10.1 Å². The van der Waals surface area contributed by atoms with Crippen LogP contribution < -0.4 is 5.73 Å². The molecule has 0 aliphatic carbocycles. The Morgan fingerprint density at radius 2 is 1.44 bits per heavy atom. The lowest BCUT2D eigenvalue weighted by Gasteiger charge is -2.03. The minimum absolute atomic E-state index is 0. The molecule has 5 heteroatoms. The molecular formula is C22H36ClN3O. The van der Waals surface area contributed by atoms with Crippen molar-refractivity contribution >= 4 is 12.4 Å². The Hall–Kier alpha value is -1.39. The minimum atomic E-state index is 0. The summed E-state index contributed by atoms with van der Waals surface area (Å²) in [5.74, 6) is 1.34. The Bertz CT molecular complexity index is 598. The molecule has 2 rings (SSSR count). The van der Waals surface area contributed by atoms with Crippen LogP contribution in [0.15, 0.2) is 28.8 Å². The van der Waals surface area contributed by atoms with Crippen LogP contribution in [0.25, 0.3) is 11.4 Å². The molecule has 0 radical (unpaired) electrons. The van der Waals surface area contributed by atoms with E-state index in [0.29, 0.717) is 18.3 Å². The number of hydrogen-bond acceptors (Lipinski definition) is 4. The normalized spacial score (nSPS) is 10.7. The Balaban J connectivity index is 0.00000364. The van der Waals surface area contributed by atoms with Crippen molar-refractivity contribution in [1.29, 1.82) is 0 Å². The number of nitrogens with zero attached hydrogens (tertiary/aromatic N) is 2. The summed E-state index contributed by atoms with van der Waals surface area (Å²) in [4.78, 5) is 4.44. The fourth-order valence-electron chi connectivity index (χ4n) is 3.19. The van der Waals surface area contributed by atoms with E-state index in [1.165, 1.54) is 63.4 Å². The van der Waals surface area contributed by atoms with Crippen LogP contribution in [0, 0.1) is 0 Å². The van der Waals surface area contributed by atoms with Gasteiger partial charge < -0.3 is 10.3 Å². The molecule has 2 N–H and O–H groups in total. The summed E-state index contributed by atoms with van der Waals surface area (Å²) >= 11 is 0. The zero-order valence-electron chi connectivity index (χ0n) is 16.8. The van der Waals surface area contributed by atoms with E-state index in [4.69, 9.17) is 10.3 Å². The second-order valence-corrected chi connectivity index (χ2v) is 7.18. The Morgan fingerprint density at radius 3 is 2.07 bits per heavy atom. The molecule has 1 aromatic carbocycles. The third-order valence-electron chi connectivity index (χ3n) is 4.84. The van der Waals surface area contributed by atoms with Gasteiger partial charge in [0.2, 0.25) is 11.7 Å². The zero-order valence-corrected chi connectivity index (χ0v) is 17.6. The van der Waals surface area contributed by atoms with Gasteiger partial charge in [0.1, 0.15) is 0 Å². The molecule has 0 atom stereocenters. The van der Waals surface area contributed by atoms with Crippen LogP contribution >= 0.6 is 12.4 Å². The number of unbranched alkanes of at least 4 members (excludes halogenated alkanes) is 8. The Morgan fingerprint density at radius 1 is 0.815 bits per heavy atom. The number of rotatable bonds is 14. The van der Waals surface area contributed by atoms with Crippen LogP contribution in [0.5, 0.6) is 0 Å². The molecule has 1 heterocycles. The summed E-state index contributed by atoms with van der Waals surface area (Å²) in [5, 5.41) is 4.06. The third kappa shape index (κ3) is 9.39. The second-order valence-electron chi connectivity index (χ2n) is 7.18. The predicted molar refractivity (Wildman–Crippen MR) is 115 cm³/mol. The average molecular weight is 394 g/mol. The number of hydrogen-bond donors (Lipinski definition) is 1. The molecule has 0 bridgehead atoms. The fourth-order valence-corrected chi connectivity index (χ4v) is 3.19. The van der Waals surface area contributed by atoms with Gasteiger partial charge in [0, 0.05) is 12.0 Å². The lowest BCUT2D eigenvalue weighted by Crippen LogP contribution is -2.00. The van der Waals surface area contributed by atoms with Crippen molar-refractivity contribution in [2.75, 3.05) is 6.54 Å². The molecule has 0 spiro atoms. The van der Waals surface area contributed by atoms with Gasteiger partial charge in [-0.15, -0.1) is 12.4 Å². The maximum absolute atomic E-state index is 5.51. The van der Waals surface area contributed by atoms with E-state index in [2.05, 4.69) is 41.3 Å². The quantitative estimate of drug-likeness (QED) is 0.392. The summed E-state index contributed by atoms with van der Waals surface area (Å²) in [6.45, 7) is 2.92. The molecule has 0 fully saturated rings. The summed E-state index contributed by atoms with van der Waals surface area (Å²) in [5.41, 5.74) is 7.92. The molecule has 0 amide bonds. The number of aryl methyl sites for hydroxylation is 2. The highest BCUT2D eigenvalue weighted by atomic mass is 35.5. The highest BCUT2D eigenvalue weighted by Gasteiger charge is 2.08. The topological polar surface area (TPSA) is 64.9 Å². The SMILES string of the molecule is CCCCCCCCCCCc1ccc(-c2noc(CCCN)n2)cc1.Cl. The number of halogens is 1. The largest absolute Gasteiger partial charge is 0.339 e. The molecule has 0 saturated carbocycles. The van der Waals surface area contributed by atoms with Crippen LogP contribution in [0.2, 0.25) is 0 Å². The van der Waals surface area contributed by atoms with Gasteiger partial charge in [-0.1, -0.05) is 87.7 Å². The van der Waals surface area contributed by atoms with E-state index in [9.17, 15) is 0 Å². The van der Waals surface area contributed by atoms with Gasteiger partial charge in [-0.3, -0.25) is 0 Å². The lowest BCUT2D eigenvalue weighted by molar-refractivity contribution is 0.376. The van der Waals surface area contributed by atoms with E-state index in [-0.39, 0.29) is 12.4 Å². The fraction of sp³-hybridized carbons (Fsp3) is 0.636. The van der Waals surface area contributed by atoms with E-state index in [1.807, 2.05) is 0 Å². The molecule has 1 aromatic heterocycles. The summed E-state index contributed by atoms with van der Waals surface area (Å²) in [7, 11) is 0. The molecule has 2 aromatic rings. The number of aromatic nitrogens is 2. The maximum atomic E-state index is 5.51. The van der Waals surface area contributed by atoms with Gasteiger partial charge >= 0.3 is 0 Å². The molecule has 4 nitrogen and oxygen atoms in total. The van der Waals surface area contributed by atoms with Crippen molar-refractivity contribution in [2.24, 2.45) is 5.73 Å². The van der Waals surface area contributed by atoms with Crippen LogP contribution in [-0.2, 0) is 12.8 Å². The summed E-state index contributed by atoms with van der Waals surface area (Å²) < 4.78 is 5.27. The molecule has 152 valence electrons. The molecule has 0 aliphatic heterocycles. The van der Waals surface area contributed by atoms with E-state index >= 15 is 0 Å². The minimum Gasteiger partial charge on any atom is -0.339 e. The van der Waals surface area contributed by atoms with Gasteiger partial charge in [-0.05, 0) is 31.4 Å². The van der Waals surface area contributed by atoms with Crippen molar-refractivity contribution in [3.63, 3.8) is 0 Å². The first-order chi connectivity index (χ1) is 12.8. The maximum Gasteiger partial charge on any atom is 0.227 e. The van der Waals surface area contributed by atoms with Crippen LogP contribution in [0.3, 0.4) is 0 Å². The van der Waals surface area contributed by atoms with Crippen molar-refractivity contribution in [3.05, 3.63) is 35.7 Å². The average Bonchev–Trinajstić information content (AvgIpc) is 3.14. The molecule has 0 unspecified atom stereocenters. The van der Waals surface area contributed by atoms with Crippen LogP contribution in [-0.4, -0.2) is 16.7 Å². The van der Waals surface area contributed by atoms with Crippen molar-refractivity contribution in [2.45, 2.75) is 84.0 Å². The van der Waals surface area contributed by atoms with Crippen molar-refractivity contribution < 1.29 is 4.52 Å². The smallest absolute Gasteiger partial charge is 0.227 e. The van der Waals surface area contributed by atoms with Crippen LogP contribution in [0.1, 0.15) is 82.6 Å². The zero-order chi connectivity index (χ0) is 18.5. The van der Waals surface area contributed by atoms with Crippen molar-refractivity contribution in [3.8, 4) is 11.4 Å². The first kappa shape index (κ1) is 23.6. The molecule has 27 heavy (non-hydrogen) atoms. The molecule has 0 saturated heterocycles. The first-order valence-electron chi connectivity index (χ1n) is 10.5. The van der Waals surface area contributed by atoms with Gasteiger partial charge in [-0.25, -0.2) is 0 Å². The Labute approximate surface area is 170 Å². The van der Waals surface area contributed by atoms with Crippen LogP contribution in [0.4, 0.5) is 0 Å². The lowest BCUT2D eigenvalue weighted by atomic mass is 10.0. The second kappa shape index (κ2) is 14.6. The third-order valence-corrected chi connectivity index (χ3v) is 4.84. The van der Waals surface area contributed by atoms with Gasteiger partial charge in [-0.2, -0.15) is 4.98 Å². The van der Waals surface area contributed by atoms with E-state index in [0.717, 1.165) is 24.8 Å².